The number of ketones is 1. The van der Waals surface area contributed by atoms with Gasteiger partial charge in [0.2, 0.25) is 0 Å². The van der Waals surface area contributed by atoms with E-state index in [1.807, 2.05) is 0 Å². The Hall–Kier alpha value is -3.29. The summed E-state index contributed by atoms with van der Waals surface area (Å²) in [5, 5.41) is 21.7. The first-order valence-electron chi connectivity index (χ1n) is 5.74. The normalized spacial score (nSPS) is 10.1. The van der Waals surface area contributed by atoms with Gasteiger partial charge in [-0.25, -0.2) is 0 Å². The Morgan fingerprint density at radius 2 is 1.62 bits per heavy atom. The molecule has 0 aliphatic heterocycles. The Morgan fingerprint density at radius 1 is 1.00 bits per heavy atom. The molecule has 8 nitrogen and oxygen atoms in total. The van der Waals surface area contributed by atoms with Crippen molar-refractivity contribution in [2.24, 2.45) is 0 Å². The summed E-state index contributed by atoms with van der Waals surface area (Å²) in [5.41, 5.74) is 3.97. The molecule has 0 atom stereocenters. The molecule has 0 saturated carbocycles. The fourth-order valence-corrected chi connectivity index (χ4v) is 1.81. The number of rotatable bonds is 4. The van der Waals surface area contributed by atoms with Crippen LogP contribution >= 0.6 is 0 Å². The summed E-state index contributed by atoms with van der Waals surface area (Å²) in [6.45, 7) is 0. The van der Waals surface area contributed by atoms with Crippen molar-refractivity contribution in [2.45, 2.75) is 0 Å². The van der Waals surface area contributed by atoms with E-state index in [4.69, 9.17) is 5.73 Å². The quantitative estimate of drug-likeness (QED) is 0.397. The van der Waals surface area contributed by atoms with Gasteiger partial charge in [0.05, 0.1) is 21.5 Å². The summed E-state index contributed by atoms with van der Waals surface area (Å²) in [4.78, 5) is 32.4. The standard InChI is InChI=1S/C13H9N3O5/c14-12-10(13(17)8-4-2-1-3-5-8)6-9(15(18)19)7-11(12)16(20)21/h1-7H,14H2. The molecule has 8 heteroatoms. The van der Waals surface area contributed by atoms with Crippen LogP contribution in [0.15, 0.2) is 42.5 Å². The average molecular weight is 287 g/mol. The van der Waals surface area contributed by atoms with Crippen molar-refractivity contribution in [1.29, 1.82) is 0 Å². The van der Waals surface area contributed by atoms with E-state index in [1.165, 1.54) is 12.1 Å². The number of carbonyl (C=O) groups is 1. The molecule has 0 aromatic heterocycles. The molecular formula is C13H9N3O5. The highest BCUT2D eigenvalue weighted by atomic mass is 16.6. The highest BCUT2D eigenvalue weighted by molar-refractivity contribution is 6.13. The van der Waals surface area contributed by atoms with Crippen molar-refractivity contribution >= 4 is 22.8 Å². The van der Waals surface area contributed by atoms with E-state index in [0.717, 1.165) is 12.1 Å². The first-order valence-corrected chi connectivity index (χ1v) is 5.74. The molecule has 0 heterocycles. The van der Waals surface area contributed by atoms with E-state index in [2.05, 4.69) is 0 Å². The number of nitrogens with two attached hydrogens (primary N) is 1. The van der Waals surface area contributed by atoms with Crippen LogP contribution in [-0.2, 0) is 0 Å². The summed E-state index contributed by atoms with van der Waals surface area (Å²) < 4.78 is 0. The van der Waals surface area contributed by atoms with Crippen LogP contribution in [0.4, 0.5) is 17.1 Å². The van der Waals surface area contributed by atoms with Crippen LogP contribution in [0, 0.1) is 20.2 Å². The molecular weight excluding hydrogens is 278 g/mol. The Morgan fingerprint density at radius 3 is 2.14 bits per heavy atom. The maximum Gasteiger partial charge on any atom is 0.299 e. The van der Waals surface area contributed by atoms with Crippen molar-refractivity contribution in [1.82, 2.24) is 0 Å². The number of hydrogen-bond acceptors (Lipinski definition) is 6. The molecule has 0 unspecified atom stereocenters. The maximum atomic E-state index is 12.3. The summed E-state index contributed by atoms with van der Waals surface area (Å²) in [6, 6.07) is 9.56. The third-order valence-electron chi connectivity index (χ3n) is 2.83. The highest BCUT2D eigenvalue weighted by Crippen LogP contribution is 2.32. The van der Waals surface area contributed by atoms with E-state index in [0.29, 0.717) is 0 Å². The third-order valence-corrected chi connectivity index (χ3v) is 2.83. The highest BCUT2D eigenvalue weighted by Gasteiger charge is 2.26. The monoisotopic (exact) mass is 287 g/mol. The van der Waals surface area contributed by atoms with Gasteiger partial charge in [0.15, 0.2) is 5.78 Å². The molecule has 2 rings (SSSR count). The number of carbonyl (C=O) groups excluding carboxylic acids is 1. The number of nitrogen functional groups attached to an aromatic ring is 1. The van der Waals surface area contributed by atoms with Crippen molar-refractivity contribution < 1.29 is 14.6 Å². The molecule has 0 fully saturated rings. The zero-order valence-electron chi connectivity index (χ0n) is 10.6. The van der Waals surface area contributed by atoms with E-state index >= 15 is 0 Å². The number of anilines is 1. The fourth-order valence-electron chi connectivity index (χ4n) is 1.81. The van der Waals surface area contributed by atoms with Crippen LogP contribution in [0.3, 0.4) is 0 Å². The molecule has 0 aliphatic carbocycles. The minimum Gasteiger partial charge on any atom is -0.393 e. The van der Waals surface area contributed by atoms with Crippen molar-refractivity contribution in [2.75, 3.05) is 5.73 Å². The van der Waals surface area contributed by atoms with Gasteiger partial charge in [-0.2, -0.15) is 0 Å². The summed E-state index contributed by atoms with van der Waals surface area (Å²) in [6.07, 6.45) is 0. The molecule has 0 aliphatic rings. The van der Waals surface area contributed by atoms with E-state index in [9.17, 15) is 25.0 Å². The van der Waals surface area contributed by atoms with Crippen LogP contribution in [0.1, 0.15) is 15.9 Å². The lowest BCUT2D eigenvalue weighted by atomic mass is 10.0. The van der Waals surface area contributed by atoms with Gasteiger partial charge >= 0.3 is 0 Å². The molecule has 0 saturated heterocycles. The predicted molar refractivity (Wildman–Crippen MR) is 74.0 cm³/mol. The zero-order valence-corrected chi connectivity index (χ0v) is 10.6. The van der Waals surface area contributed by atoms with Gasteiger partial charge < -0.3 is 5.73 Å². The number of nitrogens with zero attached hydrogens (tertiary/aromatic N) is 2. The van der Waals surface area contributed by atoms with Gasteiger partial charge in [-0.05, 0) is 0 Å². The number of nitro benzene ring substituents is 2. The molecule has 0 amide bonds. The van der Waals surface area contributed by atoms with E-state index in [-0.39, 0.29) is 16.8 Å². The lowest BCUT2D eigenvalue weighted by molar-refractivity contribution is -0.393. The summed E-state index contributed by atoms with van der Waals surface area (Å²) in [7, 11) is 0. The first kappa shape index (κ1) is 14.1. The summed E-state index contributed by atoms with van der Waals surface area (Å²) >= 11 is 0. The second-order valence-electron chi connectivity index (χ2n) is 4.14. The largest absolute Gasteiger partial charge is 0.393 e. The van der Waals surface area contributed by atoms with Crippen molar-refractivity contribution in [3.63, 3.8) is 0 Å². The molecule has 2 N–H and O–H groups in total. The Kier molecular flexibility index (Phi) is 3.61. The van der Waals surface area contributed by atoms with Gasteiger partial charge in [-0.3, -0.25) is 25.0 Å². The number of hydrogen-bond donors (Lipinski definition) is 1. The van der Waals surface area contributed by atoms with Crippen LogP contribution in [0.2, 0.25) is 0 Å². The van der Waals surface area contributed by atoms with Gasteiger partial charge in [-0.1, -0.05) is 30.3 Å². The molecule has 21 heavy (non-hydrogen) atoms. The van der Waals surface area contributed by atoms with Crippen molar-refractivity contribution in [3.8, 4) is 0 Å². The molecule has 106 valence electrons. The number of benzene rings is 2. The lowest BCUT2D eigenvalue weighted by Gasteiger charge is -2.05. The minimum atomic E-state index is -0.857. The predicted octanol–water partition coefficient (Wildman–Crippen LogP) is 2.32. The van der Waals surface area contributed by atoms with Gasteiger partial charge in [0.1, 0.15) is 5.69 Å². The van der Waals surface area contributed by atoms with Gasteiger partial charge in [0.25, 0.3) is 11.4 Å². The maximum absolute atomic E-state index is 12.3. The van der Waals surface area contributed by atoms with Crippen molar-refractivity contribution in [3.05, 3.63) is 73.8 Å². The van der Waals surface area contributed by atoms with Crippen LogP contribution in [0.5, 0.6) is 0 Å². The SMILES string of the molecule is Nc1c(C(=O)c2ccccc2)cc([N+](=O)[O-])cc1[N+](=O)[O-]. The molecule has 2 aromatic carbocycles. The van der Waals surface area contributed by atoms with Gasteiger partial charge in [-0.15, -0.1) is 0 Å². The number of nitro groups is 2. The smallest absolute Gasteiger partial charge is 0.299 e. The molecule has 0 radical (unpaired) electrons. The van der Waals surface area contributed by atoms with E-state index < -0.39 is 27.0 Å². The number of non-ortho nitro benzene ring substituents is 1. The second-order valence-corrected chi connectivity index (χ2v) is 4.14. The van der Waals surface area contributed by atoms with Gasteiger partial charge in [0, 0.05) is 11.6 Å². The molecule has 0 spiro atoms. The Labute approximate surface area is 118 Å². The van der Waals surface area contributed by atoms with E-state index in [1.54, 1.807) is 18.2 Å². The second kappa shape index (κ2) is 5.37. The zero-order chi connectivity index (χ0) is 15.6. The van der Waals surface area contributed by atoms with Crippen LogP contribution in [0.25, 0.3) is 0 Å². The molecule has 2 aromatic rings. The minimum absolute atomic E-state index is 0.235. The lowest BCUT2D eigenvalue weighted by Crippen LogP contribution is -2.08. The summed E-state index contributed by atoms with van der Waals surface area (Å²) in [5.74, 6) is -0.611. The Balaban J connectivity index is 2.65. The van der Waals surface area contributed by atoms with Crippen LogP contribution in [-0.4, -0.2) is 15.6 Å². The Bertz CT molecular complexity index is 743. The third kappa shape index (κ3) is 2.68. The molecule has 0 bridgehead atoms. The van der Waals surface area contributed by atoms with Crippen LogP contribution < -0.4 is 5.73 Å². The first-order chi connectivity index (χ1) is 9.91. The fraction of sp³-hybridized carbons (Fsp3) is 0. The average Bonchev–Trinajstić information content (AvgIpc) is 2.47. The topological polar surface area (TPSA) is 129 Å².